The van der Waals surface area contributed by atoms with Crippen LogP contribution in [0.3, 0.4) is 0 Å². The van der Waals surface area contributed by atoms with E-state index in [1.165, 1.54) is 12.8 Å². The molecule has 1 saturated carbocycles. The largest absolute Gasteiger partial charge is 0.346 e. The monoisotopic (exact) mass is 329 g/mol. The molecule has 1 fully saturated rings. The third-order valence-electron chi connectivity index (χ3n) is 3.06. The van der Waals surface area contributed by atoms with Crippen molar-refractivity contribution in [1.29, 1.82) is 0 Å². The van der Waals surface area contributed by atoms with Crippen LogP contribution in [0.5, 0.6) is 0 Å². The molecule has 0 aliphatic heterocycles. The summed E-state index contributed by atoms with van der Waals surface area (Å²) < 4.78 is 0. The van der Waals surface area contributed by atoms with Gasteiger partial charge in [-0.1, -0.05) is 23.2 Å². The van der Waals surface area contributed by atoms with Gasteiger partial charge in [0.05, 0.1) is 23.8 Å². The molecular formula is C14H17Cl2N3O2. The standard InChI is InChI=1S/C14H17Cl2N3O2/c15-10-3-4-11(16)12(5-10)19-14(21)8-18-13(20)7-17-6-9-1-2-9/h3-5,9,17H,1-2,6-8H2,(H,18,20)(H,19,21). The minimum Gasteiger partial charge on any atom is -0.346 e. The number of amides is 2. The first-order chi connectivity index (χ1) is 10.0. The molecule has 114 valence electrons. The number of hydrogen-bond donors (Lipinski definition) is 3. The van der Waals surface area contributed by atoms with E-state index in [2.05, 4.69) is 16.0 Å². The van der Waals surface area contributed by atoms with Gasteiger partial charge >= 0.3 is 0 Å². The van der Waals surface area contributed by atoms with E-state index in [0.717, 1.165) is 6.54 Å². The van der Waals surface area contributed by atoms with Gasteiger partial charge < -0.3 is 16.0 Å². The van der Waals surface area contributed by atoms with Crippen LogP contribution in [0, 0.1) is 5.92 Å². The number of halogens is 2. The summed E-state index contributed by atoms with van der Waals surface area (Å²) in [4.78, 5) is 23.2. The van der Waals surface area contributed by atoms with Gasteiger partial charge in [0.1, 0.15) is 0 Å². The van der Waals surface area contributed by atoms with Crippen LogP contribution in [0.15, 0.2) is 18.2 Å². The van der Waals surface area contributed by atoms with Gasteiger partial charge in [-0.15, -0.1) is 0 Å². The van der Waals surface area contributed by atoms with E-state index in [0.29, 0.717) is 21.7 Å². The van der Waals surface area contributed by atoms with Crippen LogP contribution in [0.2, 0.25) is 10.0 Å². The van der Waals surface area contributed by atoms with Crippen molar-refractivity contribution < 1.29 is 9.59 Å². The van der Waals surface area contributed by atoms with E-state index in [4.69, 9.17) is 23.2 Å². The summed E-state index contributed by atoms with van der Waals surface area (Å²) in [6.45, 7) is 0.978. The third-order valence-corrected chi connectivity index (χ3v) is 3.63. The minimum atomic E-state index is -0.352. The minimum absolute atomic E-state index is 0.104. The van der Waals surface area contributed by atoms with Crippen LogP contribution >= 0.6 is 23.2 Å². The first-order valence-electron chi connectivity index (χ1n) is 6.77. The lowest BCUT2D eigenvalue weighted by Gasteiger charge is -2.09. The molecule has 1 aromatic carbocycles. The zero-order valence-electron chi connectivity index (χ0n) is 11.4. The summed E-state index contributed by atoms with van der Waals surface area (Å²) in [5, 5.41) is 9.07. The molecule has 0 bridgehead atoms. The van der Waals surface area contributed by atoms with Crippen LogP contribution in [-0.4, -0.2) is 31.4 Å². The first-order valence-corrected chi connectivity index (χ1v) is 7.52. The van der Waals surface area contributed by atoms with Gasteiger partial charge in [0, 0.05) is 5.02 Å². The Kier molecular flexibility index (Phi) is 5.85. The van der Waals surface area contributed by atoms with Crippen LogP contribution < -0.4 is 16.0 Å². The fourth-order valence-corrected chi connectivity index (χ4v) is 2.08. The van der Waals surface area contributed by atoms with Gasteiger partial charge in [-0.25, -0.2) is 0 Å². The van der Waals surface area contributed by atoms with Gasteiger partial charge in [0.2, 0.25) is 11.8 Å². The first kappa shape index (κ1) is 16.1. The lowest BCUT2D eigenvalue weighted by molar-refractivity contribution is -0.123. The molecule has 1 aliphatic carbocycles. The van der Waals surface area contributed by atoms with E-state index in [-0.39, 0.29) is 24.9 Å². The Morgan fingerprint density at radius 1 is 1.14 bits per heavy atom. The maximum absolute atomic E-state index is 11.7. The molecule has 0 atom stereocenters. The normalized spacial score (nSPS) is 13.8. The van der Waals surface area contributed by atoms with Gasteiger partial charge in [-0.3, -0.25) is 9.59 Å². The maximum atomic E-state index is 11.7. The summed E-state index contributed by atoms with van der Waals surface area (Å²) in [5.41, 5.74) is 0.426. The Hall–Kier alpha value is -1.30. The lowest BCUT2D eigenvalue weighted by Crippen LogP contribution is -2.39. The molecule has 3 N–H and O–H groups in total. The summed E-state index contributed by atoms with van der Waals surface area (Å²) in [6.07, 6.45) is 2.47. The van der Waals surface area contributed by atoms with E-state index in [1.54, 1.807) is 18.2 Å². The Bertz CT molecular complexity index is 533. The Morgan fingerprint density at radius 2 is 1.90 bits per heavy atom. The highest BCUT2D eigenvalue weighted by Gasteiger charge is 2.20. The second-order valence-corrected chi connectivity index (χ2v) is 5.87. The third kappa shape index (κ3) is 5.91. The predicted octanol–water partition coefficient (Wildman–Crippen LogP) is 2.05. The van der Waals surface area contributed by atoms with Gasteiger partial charge in [0.25, 0.3) is 0 Å². The van der Waals surface area contributed by atoms with E-state index in [1.807, 2.05) is 0 Å². The fraction of sp³-hybridized carbons (Fsp3) is 0.429. The molecule has 5 nitrogen and oxygen atoms in total. The number of hydrogen-bond acceptors (Lipinski definition) is 3. The number of carbonyl (C=O) groups excluding carboxylic acids is 2. The molecular weight excluding hydrogens is 313 g/mol. The van der Waals surface area contributed by atoms with Crippen molar-refractivity contribution in [3.05, 3.63) is 28.2 Å². The average molecular weight is 330 g/mol. The molecule has 21 heavy (non-hydrogen) atoms. The molecule has 2 amide bonds. The lowest BCUT2D eigenvalue weighted by atomic mass is 10.3. The van der Waals surface area contributed by atoms with Crippen LogP contribution in [-0.2, 0) is 9.59 Å². The predicted molar refractivity (Wildman–Crippen MR) is 83.7 cm³/mol. The quantitative estimate of drug-likeness (QED) is 0.717. The summed E-state index contributed by atoms with van der Waals surface area (Å²) in [7, 11) is 0. The summed E-state index contributed by atoms with van der Waals surface area (Å²) in [5.74, 6) is 0.156. The fourth-order valence-electron chi connectivity index (χ4n) is 1.74. The van der Waals surface area contributed by atoms with Crippen LogP contribution in [0.1, 0.15) is 12.8 Å². The molecule has 1 aliphatic rings. The SMILES string of the molecule is O=C(CNCC1CC1)NCC(=O)Nc1cc(Cl)ccc1Cl. The van der Waals surface area contributed by atoms with Gasteiger partial charge in [-0.2, -0.15) is 0 Å². The molecule has 2 rings (SSSR count). The molecule has 1 aromatic rings. The van der Waals surface area contributed by atoms with Crippen molar-refractivity contribution in [3.8, 4) is 0 Å². The zero-order valence-corrected chi connectivity index (χ0v) is 12.9. The van der Waals surface area contributed by atoms with Gasteiger partial charge in [-0.05, 0) is 43.5 Å². The smallest absolute Gasteiger partial charge is 0.243 e. The van der Waals surface area contributed by atoms with Crippen molar-refractivity contribution in [2.24, 2.45) is 5.92 Å². The summed E-state index contributed by atoms with van der Waals surface area (Å²) in [6, 6.07) is 4.79. The van der Waals surface area contributed by atoms with Crippen molar-refractivity contribution in [3.63, 3.8) is 0 Å². The van der Waals surface area contributed by atoms with Crippen molar-refractivity contribution in [1.82, 2.24) is 10.6 Å². The highest BCUT2D eigenvalue weighted by molar-refractivity contribution is 6.35. The molecule has 0 radical (unpaired) electrons. The average Bonchev–Trinajstić information content (AvgIpc) is 3.25. The van der Waals surface area contributed by atoms with Crippen molar-refractivity contribution in [2.75, 3.05) is 25.0 Å². The number of anilines is 1. The second kappa shape index (κ2) is 7.64. The second-order valence-electron chi connectivity index (χ2n) is 5.02. The van der Waals surface area contributed by atoms with Crippen molar-refractivity contribution >= 4 is 40.7 Å². The number of benzene rings is 1. The number of rotatable bonds is 7. The Labute approximate surface area is 133 Å². The highest BCUT2D eigenvalue weighted by Crippen LogP contribution is 2.27. The Balaban J connectivity index is 1.68. The Morgan fingerprint density at radius 3 is 2.62 bits per heavy atom. The van der Waals surface area contributed by atoms with E-state index >= 15 is 0 Å². The van der Waals surface area contributed by atoms with Crippen LogP contribution in [0.4, 0.5) is 5.69 Å². The van der Waals surface area contributed by atoms with E-state index in [9.17, 15) is 9.59 Å². The van der Waals surface area contributed by atoms with E-state index < -0.39 is 0 Å². The highest BCUT2D eigenvalue weighted by atomic mass is 35.5. The van der Waals surface area contributed by atoms with Crippen LogP contribution in [0.25, 0.3) is 0 Å². The molecule has 0 spiro atoms. The maximum Gasteiger partial charge on any atom is 0.243 e. The molecule has 7 heteroatoms. The van der Waals surface area contributed by atoms with Gasteiger partial charge in [0.15, 0.2) is 0 Å². The van der Waals surface area contributed by atoms with Crippen molar-refractivity contribution in [2.45, 2.75) is 12.8 Å². The summed E-state index contributed by atoms with van der Waals surface area (Å²) >= 11 is 11.8. The molecule has 0 unspecified atom stereocenters. The topological polar surface area (TPSA) is 70.2 Å². The molecule has 0 saturated heterocycles. The zero-order chi connectivity index (χ0) is 15.2. The number of nitrogens with one attached hydrogen (secondary N) is 3. The number of carbonyl (C=O) groups is 2. The molecule has 0 aromatic heterocycles. The molecule has 0 heterocycles.